The lowest BCUT2D eigenvalue weighted by Gasteiger charge is -2.28. The van der Waals surface area contributed by atoms with Crippen LogP contribution in [-0.2, 0) is 0 Å². The number of hydrogen-bond acceptors (Lipinski definition) is 1. The lowest BCUT2D eigenvalue weighted by atomic mass is 9.94. The molecular formula is C20H25N. The third kappa shape index (κ3) is 4.30. The van der Waals surface area contributed by atoms with Gasteiger partial charge in [-0.3, -0.25) is 0 Å². The standard InChI is InChI=1S/C20H25N/c1-4-11-19(16(2)3)21-20(17-12-7-5-8-13-17)18-14-9-6-10-15-18/h4-10,12-16,19-21H,1,11H2,2-3H3. The van der Waals surface area contributed by atoms with Crippen LogP contribution in [-0.4, -0.2) is 6.04 Å². The topological polar surface area (TPSA) is 12.0 Å². The van der Waals surface area contributed by atoms with Gasteiger partial charge >= 0.3 is 0 Å². The molecule has 1 heteroatoms. The summed E-state index contributed by atoms with van der Waals surface area (Å²) in [5.41, 5.74) is 2.61. The van der Waals surface area contributed by atoms with Crippen LogP contribution in [0.5, 0.6) is 0 Å². The zero-order valence-corrected chi connectivity index (χ0v) is 13.0. The third-order valence-corrected chi connectivity index (χ3v) is 3.87. The summed E-state index contributed by atoms with van der Waals surface area (Å²) in [6, 6.07) is 21.9. The molecule has 0 aliphatic rings. The molecule has 0 amide bonds. The van der Waals surface area contributed by atoms with Crippen LogP contribution in [0.3, 0.4) is 0 Å². The van der Waals surface area contributed by atoms with Crippen LogP contribution in [0.1, 0.15) is 37.4 Å². The molecule has 0 saturated heterocycles. The maximum absolute atomic E-state index is 3.90. The van der Waals surface area contributed by atoms with Gasteiger partial charge in [0.2, 0.25) is 0 Å². The molecule has 2 aromatic carbocycles. The fraction of sp³-hybridized carbons (Fsp3) is 0.300. The summed E-state index contributed by atoms with van der Waals surface area (Å²) in [6.07, 6.45) is 2.98. The summed E-state index contributed by atoms with van der Waals surface area (Å²) in [4.78, 5) is 0. The Morgan fingerprint density at radius 1 is 0.905 bits per heavy atom. The first kappa shape index (κ1) is 15.5. The molecule has 2 aromatic rings. The van der Waals surface area contributed by atoms with Gasteiger partial charge in [-0.2, -0.15) is 0 Å². The van der Waals surface area contributed by atoms with E-state index in [1.54, 1.807) is 0 Å². The van der Waals surface area contributed by atoms with Crippen molar-refractivity contribution in [3.05, 3.63) is 84.4 Å². The molecule has 0 bridgehead atoms. The average molecular weight is 279 g/mol. The van der Waals surface area contributed by atoms with E-state index in [1.807, 2.05) is 6.08 Å². The second-order valence-corrected chi connectivity index (χ2v) is 5.80. The van der Waals surface area contributed by atoms with Gasteiger partial charge in [0.15, 0.2) is 0 Å². The van der Waals surface area contributed by atoms with Crippen LogP contribution in [0.4, 0.5) is 0 Å². The maximum atomic E-state index is 3.90. The highest BCUT2D eigenvalue weighted by atomic mass is 15.0. The van der Waals surface area contributed by atoms with Gasteiger partial charge in [-0.15, -0.1) is 6.58 Å². The van der Waals surface area contributed by atoms with E-state index in [1.165, 1.54) is 11.1 Å². The van der Waals surface area contributed by atoms with Crippen LogP contribution >= 0.6 is 0 Å². The number of benzene rings is 2. The zero-order valence-electron chi connectivity index (χ0n) is 13.0. The molecule has 0 aliphatic heterocycles. The van der Waals surface area contributed by atoms with Crippen molar-refractivity contribution in [3.63, 3.8) is 0 Å². The summed E-state index contributed by atoms with van der Waals surface area (Å²) in [6.45, 7) is 8.41. The molecule has 1 nitrogen and oxygen atoms in total. The van der Waals surface area contributed by atoms with Gasteiger partial charge in [0.25, 0.3) is 0 Å². The van der Waals surface area contributed by atoms with Gasteiger partial charge in [0.05, 0.1) is 6.04 Å². The van der Waals surface area contributed by atoms with E-state index >= 15 is 0 Å². The molecule has 1 unspecified atom stereocenters. The van der Waals surface area contributed by atoms with Crippen LogP contribution in [0, 0.1) is 5.92 Å². The molecule has 0 aliphatic carbocycles. The fourth-order valence-electron chi connectivity index (χ4n) is 2.60. The lowest BCUT2D eigenvalue weighted by Crippen LogP contribution is -2.37. The fourth-order valence-corrected chi connectivity index (χ4v) is 2.60. The molecule has 0 radical (unpaired) electrons. The number of hydrogen-bond donors (Lipinski definition) is 1. The first-order valence-electron chi connectivity index (χ1n) is 7.69. The molecule has 0 saturated carbocycles. The van der Waals surface area contributed by atoms with Crippen molar-refractivity contribution >= 4 is 0 Å². The first-order valence-corrected chi connectivity index (χ1v) is 7.69. The van der Waals surface area contributed by atoms with Crippen LogP contribution < -0.4 is 5.32 Å². The number of rotatable bonds is 7. The van der Waals surface area contributed by atoms with E-state index in [-0.39, 0.29) is 6.04 Å². The normalized spacial score (nSPS) is 12.6. The van der Waals surface area contributed by atoms with Crippen molar-refractivity contribution in [2.45, 2.75) is 32.4 Å². The Balaban J connectivity index is 2.30. The minimum Gasteiger partial charge on any atom is -0.303 e. The molecule has 1 atom stereocenters. The molecule has 0 heterocycles. The summed E-state index contributed by atoms with van der Waals surface area (Å²) in [7, 11) is 0. The van der Waals surface area contributed by atoms with Crippen molar-refractivity contribution in [3.8, 4) is 0 Å². The first-order chi connectivity index (χ1) is 10.2. The second-order valence-electron chi connectivity index (χ2n) is 5.80. The molecule has 1 N–H and O–H groups in total. The molecule has 0 spiro atoms. The zero-order chi connectivity index (χ0) is 15.1. The lowest BCUT2D eigenvalue weighted by molar-refractivity contribution is 0.377. The van der Waals surface area contributed by atoms with Gasteiger partial charge < -0.3 is 5.32 Å². The van der Waals surface area contributed by atoms with Crippen molar-refractivity contribution in [1.82, 2.24) is 5.32 Å². The van der Waals surface area contributed by atoms with E-state index in [4.69, 9.17) is 0 Å². The Bertz CT molecular complexity index is 491. The van der Waals surface area contributed by atoms with Gasteiger partial charge in [0.1, 0.15) is 0 Å². The van der Waals surface area contributed by atoms with Crippen LogP contribution in [0.2, 0.25) is 0 Å². The van der Waals surface area contributed by atoms with Crippen molar-refractivity contribution in [2.24, 2.45) is 5.92 Å². The molecule has 21 heavy (non-hydrogen) atoms. The van der Waals surface area contributed by atoms with Crippen LogP contribution in [0.25, 0.3) is 0 Å². The monoisotopic (exact) mass is 279 g/mol. The van der Waals surface area contributed by atoms with Gasteiger partial charge in [-0.1, -0.05) is 80.6 Å². The molecule has 2 rings (SSSR count). The Morgan fingerprint density at radius 3 is 1.76 bits per heavy atom. The van der Waals surface area contributed by atoms with E-state index in [9.17, 15) is 0 Å². The van der Waals surface area contributed by atoms with Gasteiger partial charge in [0, 0.05) is 6.04 Å². The maximum Gasteiger partial charge on any atom is 0.0579 e. The van der Waals surface area contributed by atoms with E-state index < -0.39 is 0 Å². The predicted molar refractivity (Wildman–Crippen MR) is 91.3 cm³/mol. The molecule has 0 fully saturated rings. The van der Waals surface area contributed by atoms with E-state index in [0.717, 1.165) is 6.42 Å². The van der Waals surface area contributed by atoms with Crippen molar-refractivity contribution < 1.29 is 0 Å². The highest BCUT2D eigenvalue weighted by molar-refractivity contribution is 5.31. The molecule has 110 valence electrons. The summed E-state index contributed by atoms with van der Waals surface area (Å²) >= 11 is 0. The summed E-state index contributed by atoms with van der Waals surface area (Å²) < 4.78 is 0. The highest BCUT2D eigenvalue weighted by Crippen LogP contribution is 2.24. The van der Waals surface area contributed by atoms with Crippen molar-refractivity contribution in [1.29, 1.82) is 0 Å². The van der Waals surface area contributed by atoms with Gasteiger partial charge in [-0.25, -0.2) is 0 Å². The molecular weight excluding hydrogens is 254 g/mol. The molecule has 0 aromatic heterocycles. The van der Waals surface area contributed by atoms with E-state index in [0.29, 0.717) is 12.0 Å². The van der Waals surface area contributed by atoms with Crippen LogP contribution in [0.15, 0.2) is 73.3 Å². The minimum absolute atomic E-state index is 0.222. The average Bonchev–Trinajstić information content (AvgIpc) is 2.53. The summed E-state index contributed by atoms with van der Waals surface area (Å²) in [5.74, 6) is 0.568. The second kappa shape index (κ2) is 7.80. The Hall–Kier alpha value is -1.86. The van der Waals surface area contributed by atoms with Crippen molar-refractivity contribution in [2.75, 3.05) is 0 Å². The highest BCUT2D eigenvalue weighted by Gasteiger charge is 2.19. The smallest absolute Gasteiger partial charge is 0.0579 e. The Morgan fingerprint density at radius 2 is 1.38 bits per heavy atom. The summed E-state index contributed by atoms with van der Waals surface area (Å²) in [5, 5.41) is 3.82. The number of nitrogens with one attached hydrogen (secondary N) is 1. The quantitative estimate of drug-likeness (QED) is 0.706. The predicted octanol–water partition coefficient (Wildman–Crippen LogP) is 4.97. The largest absolute Gasteiger partial charge is 0.303 e. The Kier molecular flexibility index (Phi) is 5.77. The van der Waals surface area contributed by atoms with Gasteiger partial charge in [-0.05, 0) is 23.5 Å². The Labute approximate surface area is 128 Å². The SMILES string of the molecule is C=CCC(NC(c1ccccc1)c1ccccc1)C(C)C. The minimum atomic E-state index is 0.222. The van der Waals surface area contributed by atoms with E-state index in [2.05, 4.69) is 86.4 Å². The third-order valence-electron chi connectivity index (χ3n) is 3.87.